The molecule has 15 heavy (non-hydrogen) atoms. The van der Waals surface area contributed by atoms with Crippen LogP contribution in [-0.2, 0) is 13.1 Å². The van der Waals surface area contributed by atoms with Gasteiger partial charge >= 0.3 is 0 Å². The Labute approximate surface area is 105 Å². The van der Waals surface area contributed by atoms with Gasteiger partial charge in [0.25, 0.3) is 0 Å². The van der Waals surface area contributed by atoms with Crippen molar-refractivity contribution in [3.8, 4) is 0 Å². The van der Waals surface area contributed by atoms with Gasteiger partial charge < -0.3 is 5.73 Å². The number of hydrazine groups is 1. The fraction of sp³-hybridized carbons (Fsp3) is 0.222. The third-order valence-corrected chi connectivity index (χ3v) is 3.78. The SMILES string of the molecule is N=C(N)NN1Cc2c(Br)ccc(Br)c2C1. The van der Waals surface area contributed by atoms with Crippen molar-refractivity contribution in [3.63, 3.8) is 0 Å². The van der Waals surface area contributed by atoms with Gasteiger partial charge in [-0.25, -0.2) is 5.01 Å². The highest BCUT2D eigenvalue weighted by Gasteiger charge is 2.23. The summed E-state index contributed by atoms with van der Waals surface area (Å²) in [6.45, 7) is 1.49. The normalized spacial score (nSPS) is 15.1. The minimum atomic E-state index is -0.0324. The first-order valence-corrected chi connectivity index (χ1v) is 5.98. The van der Waals surface area contributed by atoms with E-state index in [4.69, 9.17) is 11.1 Å². The zero-order valence-electron chi connectivity index (χ0n) is 7.85. The lowest BCUT2D eigenvalue weighted by atomic mass is 10.1. The molecule has 6 heteroatoms. The maximum atomic E-state index is 7.18. The van der Waals surface area contributed by atoms with E-state index in [1.165, 1.54) is 11.1 Å². The Morgan fingerprint density at radius 3 is 2.13 bits per heavy atom. The van der Waals surface area contributed by atoms with E-state index >= 15 is 0 Å². The lowest BCUT2D eigenvalue weighted by Crippen LogP contribution is -2.42. The molecule has 1 aromatic rings. The van der Waals surface area contributed by atoms with E-state index in [0.29, 0.717) is 0 Å². The van der Waals surface area contributed by atoms with Crippen LogP contribution in [0.3, 0.4) is 0 Å². The molecule has 1 aliphatic rings. The van der Waals surface area contributed by atoms with Gasteiger partial charge in [-0.2, -0.15) is 0 Å². The van der Waals surface area contributed by atoms with Crippen molar-refractivity contribution in [2.45, 2.75) is 13.1 Å². The van der Waals surface area contributed by atoms with Crippen LogP contribution in [0.1, 0.15) is 11.1 Å². The van der Waals surface area contributed by atoms with Gasteiger partial charge in [-0.05, 0) is 23.3 Å². The van der Waals surface area contributed by atoms with Crippen molar-refractivity contribution in [2.24, 2.45) is 5.73 Å². The topological polar surface area (TPSA) is 65.1 Å². The third kappa shape index (κ3) is 2.16. The molecule has 0 atom stereocenters. The van der Waals surface area contributed by atoms with Crippen LogP contribution in [0.5, 0.6) is 0 Å². The van der Waals surface area contributed by atoms with Crippen LogP contribution in [0.4, 0.5) is 0 Å². The summed E-state index contributed by atoms with van der Waals surface area (Å²) in [6.07, 6.45) is 0. The Morgan fingerprint density at radius 1 is 1.27 bits per heavy atom. The van der Waals surface area contributed by atoms with Crippen molar-refractivity contribution in [1.29, 1.82) is 5.41 Å². The second-order valence-corrected chi connectivity index (χ2v) is 5.08. The molecule has 0 saturated carbocycles. The molecule has 0 bridgehead atoms. The first kappa shape index (κ1) is 10.9. The van der Waals surface area contributed by atoms with Crippen LogP contribution >= 0.6 is 31.9 Å². The molecule has 0 spiro atoms. The van der Waals surface area contributed by atoms with Crippen LogP contribution < -0.4 is 11.2 Å². The van der Waals surface area contributed by atoms with Gasteiger partial charge in [0, 0.05) is 22.0 Å². The lowest BCUT2D eigenvalue weighted by molar-refractivity contribution is 0.239. The molecule has 2 rings (SSSR count). The van der Waals surface area contributed by atoms with E-state index in [2.05, 4.69) is 37.3 Å². The number of fused-ring (bicyclic) bond motifs is 1. The molecule has 4 N–H and O–H groups in total. The highest BCUT2D eigenvalue weighted by Crippen LogP contribution is 2.33. The van der Waals surface area contributed by atoms with E-state index in [1.807, 2.05) is 17.1 Å². The first-order chi connectivity index (χ1) is 7.08. The van der Waals surface area contributed by atoms with Crippen LogP contribution in [0.15, 0.2) is 21.1 Å². The number of halogens is 2. The summed E-state index contributed by atoms with van der Waals surface area (Å²) in [5, 5.41) is 9.08. The number of nitrogens with two attached hydrogens (primary N) is 1. The fourth-order valence-electron chi connectivity index (χ4n) is 1.66. The van der Waals surface area contributed by atoms with Crippen molar-refractivity contribution in [2.75, 3.05) is 0 Å². The summed E-state index contributed by atoms with van der Waals surface area (Å²) >= 11 is 7.03. The predicted molar refractivity (Wildman–Crippen MR) is 66.1 cm³/mol. The summed E-state index contributed by atoms with van der Waals surface area (Å²) in [5.74, 6) is -0.0324. The maximum absolute atomic E-state index is 7.18. The van der Waals surface area contributed by atoms with Crippen molar-refractivity contribution < 1.29 is 0 Å². The van der Waals surface area contributed by atoms with E-state index in [9.17, 15) is 0 Å². The summed E-state index contributed by atoms with van der Waals surface area (Å²) in [6, 6.07) is 4.03. The number of hydrogen-bond acceptors (Lipinski definition) is 2. The van der Waals surface area contributed by atoms with Gasteiger partial charge in [-0.3, -0.25) is 10.8 Å². The third-order valence-electron chi connectivity index (χ3n) is 2.29. The van der Waals surface area contributed by atoms with Gasteiger partial charge in [-0.1, -0.05) is 31.9 Å². The molecular weight excluding hydrogens is 324 g/mol. The molecule has 1 heterocycles. The number of benzene rings is 1. The second kappa shape index (κ2) is 4.11. The van der Waals surface area contributed by atoms with E-state index in [1.54, 1.807) is 0 Å². The summed E-state index contributed by atoms with van der Waals surface area (Å²) < 4.78 is 2.18. The van der Waals surface area contributed by atoms with Crippen LogP contribution in [0.2, 0.25) is 0 Å². The molecule has 4 nitrogen and oxygen atoms in total. The molecule has 0 amide bonds. The van der Waals surface area contributed by atoms with Crippen LogP contribution in [0.25, 0.3) is 0 Å². The molecular formula is C9H10Br2N4. The smallest absolute Gasteiger partial charge is 0.200 e. The monoisotopic (exact) mass is 332 g/mol. The van der Waals surface area contributed by atoms with E-state index in [-0.39, 0.29) is 5.96 Å². The number of guanidine groups is 1. The molecule has 0 saturated heterocycles. The molecule has 0 aliphatic carbocycles. The molecule has 0 fully saturated rings. The zero-order chi connectivity index (χ0) is 11.0. The van der Waals surface area contributed by atoms with Gasteiger partial charge in [0.05, 0.1) is 0 Å². The van der Waals surface area contributed by atoms with Gasteiger partial charge in [0.2, 0.25) is 5.96 Å². The first-order valence-electron chi connectivity index (χ1n) is 4.39. The standard InChI is InChI=1S/C9H10Br2N4/c10-7-1-2-8(11)6-4-15(3-5(6)7)14-9(12)13/h1-2H,3-4H2,(H4,12,13,14). The molecule has 0 aromatic heterocycles. The van der Waals surface area contributed by atoms with Crippen molar-refractivity contribution in [3.05, 3.63) is 32.2 Å². The molecule has 80 valence electrons. The predicted octanol–water partition coefficient (Wildman–Crippen LogP) is 1.93. The number of rotatable bonds is 1. The summed E-state index contributed by atoms with van der Waals surface area (Å²) in [4.78, 5) is 0. The minimum Gasteiger partial charge on any atom is -0.369 e. The van der Waals surface area contributed by atoms with Crippen molar-refractivity contribution >= 4 is 37.8 Å². The average Bonchev–Trinajstić information content (AvgIpc) is 2.55. The number of nitrogens with one attached hydrogen (secondary N) is 2. The molecule has 1 aliphatic heterocycles. The van der Waals surface area contributed by atoms with Crippen LogP contribution in [0, 0.1) is 5.41 Å². The fourth-order valence-corrected chi connectivity index (χ4v) is 2.66. The van der Waals surface area contributed by atoms with Crippen molar-refractivity contribution in [1.82, 2.24) is 10.4 Å². The molecule has 1 aromatic carbocycles. The van der Waals surface area contributed by atoms with E-state index in [0.717, 1.165) is 22.0 Å². The summed E-state index contributed by atoms with van der Waals surface area (Å²) in [7, 11) is 0. The van der Waals surface area contributed by atoms with Gasteiger partial charge in [-0.15, -0.1) is 0 Å². The largest absolute Gasteiger partial charge is 0.369 e. The molecule has 0 unspecified atom stereocenters. The number of nitrogens with zero attached hydrogens (tertiary/aromatic N) is 1. The quantitative estimate of drug-likeness (QED) is 0.543. The Kier molecular flexibility index (Phi) is 2.99. The highest BCUT2D eigenvalue weighted by molar-refractivity contribution is 9.11. The Morgan fingerprint density at radius 2 is 1.73 bits per heavy atom. The molecule has 0 radical (unpaired) electrons. The van der Waals surface area contributed by atoms with Crippen LogP contribution in [-0.4, -0.2) is 11.0 Å². The minimum absolute atomic E-state index is 0.0324. The van der Waals surface area contributed by atoms with Gasteiger partial charge in [0.1, 0.15) is 0 Å². The zero-order valence-corrected chi connectivity index (χ0v) is 11.0. The second-order valence-electron chi connectivity index (χ2n) is 3.37. The Hall–Kier alpha value is -0.590. The average molecular weight is 334 g/mol. The summed E-state index contributed by atoms with van der Waals surface area (Å²) in [5.41, 5.74) is 10.6. The maximum Gasteiger partial charge on any atom is 0.200 e. The number of hydrogen-bond donors (Lipinski definition) is 3. The van der Waals surface area contributed by atoms with E-state index < -0.39 is 0 Å². The Bertz CT molecular complexity index is 388. The lowest BCUT2D eigenvalue weighted by Gasteiger charge is -2.15. The Balaban J connectivity index is 2.26. The van der Waals surface area contributed by atoms with Gasteiger partial charge in [0.15, 0.2) is 0 Å². The highest BCUT2D eigenvalue weighted by atomic mass is 79.9.